The largest absolute Gasteiger partial charge is 0.378 e. The SMILES string of the molecule is C=C(C)C(O)SC. The van der Waals surface area contributed by atoms with E-state index in [1.54, 1.807) is 6.92 Å². The summed E-state index contributed by atoms with van der Waals surface area (Å²) >= 11 is 1.39. The summed E-state index contributed by atoms with van der Waals surface area (Å²) in [5.74, 6) is 0. The van der Waals surface area contributed by atoms with Crippen molar-refractivity contribution in [3.05, 3.63) is 12.2 Å². The van der Waals surface area contributed by atoms with Crippen LogP contribution in [0, 0.1) is 0 Å². The number of rotatable bonds is 2. The van der Waals surface area contributed by atoms with Gasteiger partial charge >= 0.3 is 0 Å². The molecule has 0 bridgehead atoms. The number of aliphatic hydroxyl groups excluding tert-OH is 1. The summed E-state index contributed by atoms with van der Waals surface area (Å²) in [6.45, 7) is 5.36. The highest BCUT2D eigenvalue weighted by molar-refractivity contribution is 7.99. The highest BCUT2D eigenvalue weighted by Crippen LogP contribution is 2.09. The van der Waals surface area contributed by atoms with Gasteiger partial charge in [0.2, 0.25) is 0 Å². The van der Waals surface area contributed by atoms with Crippen molar-refractivity contribution < 1.29 is 5.11 Å². The minimum atomic E-state index is -0.375. The fourth-order valence-corrected chi connectivity index (χ4v) is 0.604. The second-order valence-corrected chi connectivity index (χ2v) is 2.35. The number of aliphatic hydroxyl groups is 1. The first-order valence-corrected chi connectivity index (χ1v) is 3.33. The van der Waals surface area contributed by atoms with E-state index in [4.69, 9.17) is 5.11 Å². The third-order valence-corrected chi connectivity index (χ3v) is 1.49. The van der Waals surface area contributed by atoms with Crippen LogP contribution >= 0.6 is 11.8 Å². The Hall–Kier alpha value is 0.0500. The predicted octanol–water partition coefficient (Wildman–Crippen LogP) is 1.24. The fraction of sp³-hybridized carbons (Fsp3) is 0.600. The van der Waals surface area contributed by atoms with Crippen molar-refractivity contribution in [1.29, 1.82) is 0 Å². The molecule has 1 N–H and O–H groups in total. The Labute approximate surface area is 48.4 Å². The van der Waals surface area contributed by atoms with Gasteiger partial charge in [-0.2, -0.15) is 0 Å². The molecule has 42 valence electrons. The maximum atomic E-state index is 8.80. The van der Waals surface area contributed by atoms with Gasteiger partial charge < -0.3 is 5.11 Å². The first-order valence-electron chi connectivity index (χ1n) is 2.04. The second-order valence-electron chi connectivity index (χ2n) is 1.43. The molecule has 0 rings (SSSR count). The maximum Gasteiger partial charge on any atom is 0.120 e. The van der Waals surface area contributed by atoms with Crippen LogP contribution in [0.4, 0.5) is 0 Å². The van der Waals surface area contributed by atoms with Crippen LogP contribution in [-0.4, -0.2) is 16.8 Å². The van der Waals surface area contributed by atoms with Crippen molar-refractivity contribution in [2.75, 3.05) is 6.26 Å². The summed E-state index contributed by atoms with van der Waals surface area (Å²) in [5.41, 5.74) is 0.437. The molecule has 0 aromatic heterocycles. The maximum absolute atomic E-state index is 8.80. The Balaban J connectivity index is 3.34. The molecular weight excluding hydrogens is 108 g/mol. The van der Waals surface area contributed by atoms with Crippen molar-refractivity contribution in [2.45, 2.75) is 12.4 Å². The molecule has 0 aromatic rings. The minimum absolute atomic E-state index is 0.375. The zero-order valence-electron chi connectivity index (χ0n) is 4.64. The molecule has 0 aliphatic rings. The standard InChI is InChI=1S/C5H10OS/c1-4(2)5(6)7-3/h5-6H,1H2,2-3H3. The first-order chi connectivity index (χ1) is 3.18. The molecular formula is C5H10OS. The lowest BCUT2D eigenvalue weighted by Crippen LogP contribution is -1.98. The van der Waals surface area contributed by atoms with Crippen molar-refractivity contribution >= 4 is 11.8 Å². The quantitative estimate of drug-likeness (QED) is 0.435. The smallest absolute Gasteiger partial charge is 0.120 e. The van der Waals surface area contributed by atoms with Crippen LogP contribution in [0.5, 0.6) is 0 Å². The Morgan fingerprint density at radius 1 is 1.86 bits per heavy atom. The van der Waals surface area contributed by atoms with Gasteiger partial charge in [-0.3, -0.25) is 0 Å². The summed E-state index contributed by atoms with van der Waals surface area (Å²) in [7, 11) is 0. The van der Waals surface area contributed by atoms with E-state index in [1.807, 2.05) is 6.26 Å². The molecule has 0 saturated carbocycles. The van der Waals surface area contributed by atoms with E-state index < -0.39 is 0 Å². The van der Waals surface area contributed by atoms with Crippen molar-refractivity contribution in [3.63, 3.8) is 0 Å². The fourth-order valence-electron chi connectivity index (χ4n) is 0.201. The summed E-state index contributed by atoms with van der Waals surface area (Å²) < 4.78 is 0. The summed E-state index contributed by atoms with van der Waals surface area (Å²) in [6, 6.07) is 0. The van der Waals surface area contributed by atoms with Gasteiger partial charge in [-0.1, -0.05) is 6.58 Å². The molecule has 0 aliphatic heterocycles. The zero-order valence-corrected chi connectivity index (χ0v) is 5.46. The molecule has 1 atom stereocenters. The van der Waals surface area contributed by atoms with E-state index >= 15 is 0 Å². The molecule has 0 aliphatic carbocycles. The monoisotopic (exact) mass is 118 g/mol. The lowest BCUT2D eigenvalue weighted by molar-refractivity contribution is 0.299. The second kappa shape index (κ2) is 3.10. The van der Waals surface area contributed by atoms with Crippen LogP contribution in [0.2, 0.25) is 0 Å². The summed E-state index contributed by atoms with van der Waals surface area (Å²) in [4.78, 5) is 0. The molecule has 0 amide bonds. The van der Waals surface area contributed by atoms with E-state index in [9.17, 15) is 0 Å². The van der Waals surface area contributed by atoms with E-state index in [2.05, 4.69) is 6.58 Å². The van der Waals surface area contributed by atoms with E-state index in [0.29, 0.717) is 0 Å². The predicted molar refractivity (Wildman–Crippen MR) is 34.3 cm³/mol. The van der Waals surface area contributed by atoms with E-state index in [-0.39, 0.29) is 5.44 Å². The van der Waals surface area contributed by atoms with Gasteiger partial charge in [0.25, 0.3) is 0 Å². The highest BCUT2D eigenvalue weighted by atomic mass is 32.2. The topological polar surface area (TPSA) is 20.2 Å². The van der Waals surface area contributed by atoms with Crippen LogP contribution < -0.4 is 0 Å². The highest BCUT2D eigenvalue weighted by Gasteiger charge is 1.97. The van der Waals surface area contributed by atoms with Crippen LogP contribution in [0.15, 0.2) is 12.2 Å². The average molecular weight is 118 g/mol. The lowest BCUT2D eigenvalue weighted by atomic mass is 10.4. The Kier molecular flexibility index (Phi) is 3.13. The molecule has 0 aromatic carbocycles. The Morgan fingerprint density at radius 3 is 2.29 bits per heavy atom. The third-order valence-electron chi connectivity index (χ3n) is 0.645. The van der Waals surface area contributed by atoms with Crippen LogP contribution in [0.3, 0.4) is 0 Å². The number of thioether (sulfide) groups is 1. The van der Waals surface area contributed by atoms with Crippen molar-refractivity contribution in [2.24, 2.45) is 0 Å². The summed E-state index contributed by atoms with van der Waals surface area (Å²) in [6.07, 6.45) is 1.85. The lowest BCUT2D eigenvalue weighted by Gasteiger charge is -2.02. The zero-order chi connectivity index (χ0) is 5.86. The van der Waals surface area contributed by atoms with Crippen LogP contribution in [0.25, 0.3) is 0 Å². The van der Waals surface area contributed by atoms with Gasteiger partial charge in [0.05, 0.1) is 0 Å². The van der Waals surface area contributed by atoms with Gasteiger partial charge in [-0.25, -0.2) is 0 Å². The van der Waals surface area contributed by atoms with Gasteiger partial charge in [-0.15, -0.1) is 11.8 Å². The van der Waals surface area contributed by atoms with E-state index in [0.717, 1.165) is 5.57 Å². The van der Waals surface area contributed by atoms with Crippen LogP contribution in [-0.2, 0) is 0 Å². The number of hydrogen-bond donors (Lipinski definition) is 1. The van der Waals surface area contributed by atoms with Gasteiger partial charge in [-0.05, 0) is 18.8 Å². The molecule has 0 heterocycles. The normalized spacial score (nSPS) is 13.6. The van der Waals surface area contributed by atoms with Gasteiger partial charge in [0.1, 0.15) is 5.44 Å². The molecule has 0 spiro atoms. The molecule has 0 fully saturated rings. The van der Waals surface area contributed by atoms with Gasteiger partial charge in [0, 0.05) is 0 Å². The molecule has 1 nitrogen and oxygen atoms in total. The third kappa shape index (κ3) is 2.71. The van der Waals surface area contributed by atoms with Gasteiger partial charge in [0.15, 0.2) is 0 Å². The molecule has 7 heavy (non-hydrogen) atoms. The molecule has 0 saturated heterocycles. The number of hydrogen-bond acceptors (Lipinski definition) is 2. The molecule has 2 heteroatoms. The Bertz CT molecular complexity index is 70.5. The first kappa shape index (κ1) is 7.05. The molecule has 0 radical (unpaired) electrons. The van der Waals surface area contributed by atoms with Crippen LogP contribution in [0.1, 0.15) is 6.92 Å². The minimum Gasteiger partial charge on any atom is -0.378 e. The molecule has 1 unspecified atom stereocenters. The van der Waals surface area contributed by atoms with Crippen molar-refractivity contribution in [1.82, 2.24) is 0 Å². The van der Waals surface area contributed by atoms with E-state index in [1.165, 1.54) is 11.8 Å². The average Bonchev–Trinajstić information content (AvgIpc) is 1.65. The summed E-state index contributed by atoms with van der Waals surface area (Å²) in [5, 5.41) is 8.80. The Morgan fingerprint density at radius 2 is 2.29 bits per heavy atom. The van der Waals surface area contributed by atoms with Crippen molar-refractivity contribution in [3.8, 4) is 0 Å².